The van der Waals surface area contributed by atoms with Gasteiger partial charge in [0.25, 0.3) is 0 Å². The van der Waals surface area contributed by atoms with Crippen molar-refractivity contribution in [2.45, 2.75) is 25.1 Å². The minimum absolute atomic E-state index is 0.0202. The van der Waals surface area contributed by atoms with E-state index in [4.69, 9.17) is 14.6 Å². The van der Waals surface area contributed by atoms with E-state index in [1.54, 1.807) is 6.07 Å². The van der Waals surface area contributed by atoms with Gasteiger partial charge in [-0.05, 0) is 47.5 Å². The summed E-state index contributed by atoms with van der Waals surface area (Å²) in [5.74, 6) is -0.742. The summed E-state index contributed by atoms with van der Waals surface area (Å²) in [5.41, 5.74) is 2.37. The number of phenolic OH excluding ortho intramolecular Hbond substituents is 1. The zero-order valence-corrected chi connectivity index (χ0v) is 23.6. The van der Waals surface area contributed by atoms with Gasteiger partial charge >= 0.3 is 17.0 Å². The Morgan fingerprint density at radius 1 is 1.07 bits per heavy atom. The lowest BCUT2D eigenvalue weighted by atomic mass is 10.0. The first-order valence-electron chi connectivity index (χ1n) is 12.7. The number of benzene rings is 3. The Morgan fingerprint density at radius 2 is 1.80 bits per heavy atom. The van der Waals surface area contributed by atoms with Gasteiger partial charge in [0.05, 0.1) is 24.0 Å². The third kappa shape index (κ3) is 10.0. The number of halogens is 3. The quantitative estimate of drug-likeness (QED) is 0.132. The monoisotopic (exact) mass is 612 g/mol. The molecule has 0 spiro atoms. The molecule has 13 heteroatoms. The molecule has 5 N–H and O–H groups in total. The van der Waals surface area contributed by atoms with Crippen LogP contribution in [-0.4, -0.2) is 70.3 Å². The number of thioether (sulfide) groups is 1. The fourth-order valence-electron chi connectivity index (χ4n) is 3.96. The molecule has 0 aliphatic rings. The number of carbonyl (C=O) groups is 1. The number of carboxylic acids is 1. The number of aromatic hydroxyl groups is 1. The van der Waals surface area contributed by atoms with Crippen molar-refractivity contribution >= 4 is 50.1 Å². The summed E-state index contributed by atoms with van der Waals surface area (Å²) in [7, 11) is 0. The van der Waals surface area contributed by atoms with Gasteiger partial charge in [-0.3, -0.25) is 4.79 Å². The largest absolute Gasteiger partial charge is 0.506 e. The van der Waals surface area contributed by atoms with Crippen LogP contribution >= 0.6 is 23.1 Å². The fraction of sp³-hybridized carbons (Fsp3) is 0.357. The fourth-order valence-corrected chi connectivity index (χ4v) is 5.67. The van der Waals surface area contributed by atoms with Gasteiger partial charge in [0.2, 0.25) is 0 Å². The number of H-pyrrole nitrogens is 1. The van der Waals surface area contributed by atoms with Crippen LogP contribution in [0.4, 0.5) is 13.2 Å². The number of aliphatic hydroxyl groups excluding tert-OH is 1. The van der Waals surface area contributed by atoms with E-state index in [1.165, 1.54) is 22.4 Å². The number of nitrogens with one attached hydrogen (secondary N) is 2. The van der Waals surface area contributed by atoms with E-state index >= 15 is 0 Å². The second-order valence-electron chi connectivity index (χ2n) is 8.88. The van der Waals surface area contributed by atoms with E-state index in [9.17, 15) is 28.2 Å². The summed E-state index contributed by atoms with van der Waals surface area (Å²) < 4.78 is 38.2. The number of thiazole rings is 1. The van der Waals surface area contributed by atoms with Gasteiger partial charge in [0, 0.05) is 17.9 Å². The Bertz CT molecular complexity index is 1470. The number of rotatable bonds is 13. The highest BCUT2D eigenvalue weighted by atomic mass is 32.2. The first-order chi connectivity index (χ1) is 19.6. The number of aromatic nitrogens is 1. The number of aromatic amines is 1. The number of hydrogen-bond donors (Lipinski definition) is 5. The predicted molar refractivity (Wildman–Crippen MR) is 156 cm³/mol. The number of aliphatic carboxylic acids is 1. The van der Waals surface area contributed by atoms with Crippen LogP contribution in [-0.2, 0) is 16.0 Å². The second kappa shape index (κ2) is 15.8. The average Bonchev–Trinajstić information content (AvgIpc) is 3.34. The Labute approximate surface area is 242 Å². The molecule has 0 fully saturated rings. The molecule has 8 nitrogen and oxygen atoms in total. The molecule has 0 aliphatic carbocycles. The lowest BCUT2D eigenvalue weighted by Crippen LogP contribution is -2.23. The topological polar surface area (TPSA) is 132 Å². The summed E-state index contributed by atoms with van der Waals surface area (Å²) in [4.78, 5) is 22.9. The molecule has 3 aromatic carbocycles. The number of phenols is 1. The summed E-state index contributed by atoms with van der Waals surface area (Å²) in [6.07, 6.45) is -3.90. The summed E-state index contributed by atoms with van der Waals surface area (Å²) in [5, 5.41) is 33.4. The van der Waals surface area contributed by atoms with E-state index < -0.39 is 18.2 Å². The molecule has 1 atom stereocenters. The van der Waals surface area contributed by atoms with E-state index in [1.807, 2.05) is 11.8 Å². The van der Waals surface area contributed by atoms with Gasteiger partial charge in [-0.15, -0.1) is 0 Å². The van der Waals surface area contributed by atoms with Crippen molar-refractivity contribution in [1.29, 1.82) is 0 Å². The molecule has 222 valence electrons. The standard InChI is InChI=1S/C26H30N2O4S2.C2HF3O2/c29-22-10-9-21(25-24(22)28-26(31)34-25)23(30)17-27-12-4-15-33-16-14-32-13-11-19-7-3-6-18-5-1-2-8-20(18)19;3-2(4,5)1(6)7/h1-3,5-10,23,27,29-30H,4,11-17H2,(H,28,31);(H,6,7)/t23-;/m0./s1. The molecule has 0 radical (unpaired) electrons. The summed E-state index contributed by atoms with van der Waals surface area (Å²) >= 11 is 2.88. The highest BCUT2D eigenvalue weighted by molar-refractivity contribution is 7.99. The van der Waals surface area contributed by atoms with Crippen LogP contribution in [0.1, 0.15) is 23.7 Å². The molecule has 0 amide bonds. The lowest BCUT2D eigenvalue weighted by molar-refractivity contribution is -0.192. The van der Waals surface area contributed by atoms with E-state index in [0.717, 1.165) is 55.4 Å². The molecule has 41 heavy (non-hydrogen) atoms. The minimum atomic E-state index is -5.08. The summed E-state index contributed by atoms with van der Waals surface area (Å²) in [6, 6.07) is 18.1. The third-order valence-electron chi connectivity index (χ3n) is 5.94. The molecule has 0 bridgehead atoms. The summed E-state index contributed by atoms with van der Waals surface area (Å²) in [6.45, 7) is 2.68. The molecule has 0 unspecified atom stereocenters. The predicted octanol–water partition coefficient (Wildman–Crippen LogP) is 5.09. The molecule has 0 saturated heterocycles. The van der Waals surface area contributed by atoms with Crippen LogP contribution in [0.5, 0.6) is 5.75 Å². The van der Waals surface area contributed by atoms with Crippen molar-refractivity contribution in [3.63, 3.8) is 0 Å². The second-order valence-corrected chi connectivity index (χ2v) is 11.1. The molecular formula is C28H31F3N2O6S2. The normalized spacial score (nSPS) is 12.3. The highest BCUT2D eigenvalue weighted by Crippen LogP contribution is 2.31. The maximum Gasteiger partial charge on any atom is 0.490 e. The number of alkyl halides is 3. The van der Waals surface area contributed by atoms with Gasteiger partial charge in [-0.25, -0.2) is 4.79 Å². The van der Waals surface area contributed by atoms with E-state index in [-0.39, 0.29) is 10.6 Å². The van der Waals surface area contributed by atoms with Gasteiger partial charge < -0.3 is 30.4 Å². The first-order valence-corrected chi connectivity index (χ1v) is 14.7. The lowest BCUT2D eigenvalue weighted by Gasteiger charge is -2.13. The number of carboxylic acid groups (broad SMARTS) is 1. The van der Waals surface area contributed by atoms with Crippen LogP contribution in [0.25, 0.3) is 21.0 Å². The number of ether oxygens (including phenoxy) is 1. The molecule has 1 aromatic heterocycles. The number of aliphatic hydroxyl groups is 1. The van der Waals surface area contributed by atoms with Crippen molar-refractivity contribution in [2.75, 3.05) is 37.8 Å². The Morgan fingerprint density at radius 3 is 2.56 bits per heavy atom. The Kier molecular flexibility index (Phi) is 12.5. The number of hydrogen-bond acceptors (Lipinski definition) is 8. The van der Waals surface area contributed by atoms with Crippen LogP contribution < -0.4 is 10.2 Å². The van der Waals surface area contributed by atoms with Crippen LogP contribution in [0.3, 0.4) is 0 Å². The zero-order valence-electron chi connectivity index (χ0n) is 21.9. The minimum Gasteiger partial charge on any atom is -0.506 e. The van der Waals surface area contributed by atoms with Crippen molar-refractivity contribution in [1.82, 2.24) is 10.3 Å². The van der Waals surface area contributed by atoms with Crippen LogP contribution in [0, 0.1) is 0 Å². The van der Waals surface area contributed by atoms with E-state index in [2.05, 4.69) is 52.8 Å². The molecule has 1 heterocycles. The molecule has 4 rings (SSSR count). The first kappa shape index (κ1) is 32.4. The van der Waals surface area contributed by atoms with Crippen molar-refractivity contribution < 1.29 is 38.0 Å². The zero-order chi connectivity index (χ0) is 29.8. The van der Waals surface area contributed by atoms with Gasteiger partial charge in [0.15, 0.2) is 0 Å². The molecule has 0 saturated carbocycles. The van der Waals surface area contributed by atoms with E-state index in [0.29, 0.717) is 22.3 Å². The average molecular weight is 613 g/mol. The Balaban J connectivity index is 0.000000587. The third-order valence-corrected chi connectivity index (χ3v) is 7.90. The van der Waals surface area contributed by atoms with Gasteiger partial charge in [-0.2, -0.15) is 24.9 Å². The SMILES string of the molecule is O=C(O)C(F)(F)F.O=c1[nH]c2c(O)ccc([C@@H](O)CNCCCSCCOCCc3cccc4ccccc34)c2s1. The van der Waals surface area contributed by atoms with Gasteiger partial charge in [-0.1, -0.05) is 59.9 Å². The highest BCUT2D eigenvalue weighted by Gasteiger charge is 2.38. The van der Waals surface area contributed by atoms with Crippen LogP contribution in [0.15, 0.2) is 59.4 Å². The molecule has 0 aliphatic heterocycles. The van der Waals surface area contributed by atoms with Gasteiger partial charge in [0.1, 0.15) is 11.3 Å². The number of fused-ring (bicyclic) bond motifs is 2. The maximum atomic E-state index is 11.6. The maximum absolute atomic E-state index is 11.6. The van der Waals surface area contributed by atoms with Crippen molar-refractivity contribution in [2.24, 2.45) is 0 Å². The Hall–Kier alpha value is -3.10. The smallest absolute Gasteiger partial charge is 0.490 e. The molecule has 4 aromatic rings. The van der Waals surface area contributed by atoms with Crippen LogP contribution in [0.2, 0.25) is 0 Å². The molecular weight excluding hydrogens is 581 g/mol. The van der Waals surface area contributed by atoms with Crippen molar-refractivity contribution in [3.05, 3.63) is 75.4 Å². The van der Waals surface area contributed by atoms with Crippen molar-refractivity contribution in [3.8, 4) is 5.75 Å².